The molecule has 0 bridgehead atoms. The average molecular weight is 406 g/mol. The highest BCUT2D eigenvalue weighted by atomic mass is 79.9. The fourth-order valence-corrected chi connectivity index (χ4v) is 3.58. The van der Waals surface area contributed by atoms with Crippen LogP contribution in [0.1, 0.15) is 51.4 Å². The van der Waals surface area contributed by atoms with Crippen molar-refractivity contribution in [2.45, 2.75) is 57.4 Å². The Morgan fingerprint density at radius 3 is 2.40 bits per heavy atom. The molecule has 1 aromatic rings. The van der Waals surface area contributed by atoms with Gasteiger partial charge in [-0.05, 0) is 43.2 Å². The summed E-state index contributed by atoms with van der Waals surface area (Å²) in [6, 6.07) is 7.65. The lowest BCUT2D eigenvalue weighted by molar-refractivity contribution is -0.120. The Labute approximate surface area is 156 Å². The maximum Gasteiger partial charge on any atom is 0.269 e. The van der Waals surface area contributed by atoms with Crippen LogP contribution in [0.4, 0.5) is 5.69 Å². The van der Waals surface area contributed by atoms with Gasteiger partial charge in [0.05, 0.1) is 5.69 Å². The highest BCUT2D eigenvalue weighted by Crippen LogP contribution is 2.21. The zero-order valence-corrected chi connectivity index (χ0v) is 15.8. The second kappa shape index (κ2) is 8.52. The molecule has 0 aromatic heterocycles. The molecule has 1 fully saturated rings. The van der Waals surface area contributed by atoms with Crippen molar-refractivity contribution in [3.63, 3.8) is 0 Å². The summed E-state index contributed by atoms with van der Waals surface area (Å²) < 4.78 is 0.943. The maximum atomic E-state index is 12.6. The Morgan fingerprint density at radius 2 is 1.72 bits per heavy atom. The number of halogens is 1. The molecule has 2 N–H and O–H groups in total. The molecule has 1 aliphatic carbocycles. The first kappa shape index (κ1) is 18.0. The number of hydrogen-bond donors (Lipinski definition) is 2. The SMILES string of the molecule is O=C(NC1CCCCCCC1)C1=CCC(=O)N(c2ccc(Br)cc2)N1. The summed E-state index contributed by atoms with van der Waals surface area (Å²) in [7, 11) is 0. The van der Waals surface area contributed by atoms with E-state index in [9.17, 15) is 9.59 Å². The third kappa shape index (κ3) is 4.84. The van der Waals surface area contributed by atoms with Crippen molar-refractivity contribution in [2.24, 2.45) is 0 Å². The fourth-order valence-electron chi connectivity index (χ4n) is 3.31. The average Bonchev–Trinajstić information content (AvgIpc) is 2.58. The standard InChI is InChI=1S/C19H24BrN3O2/c20-14-8-10-16(11-9-14)23-18(24)13-12-17(22-23)19(25)21-15-6-4-2-1-3-5-7-15/h8-12,15,22H,1-7,13H2,(H,21,25). The van der Waals surface area contributed by atoms with Crippen molar-refractivity contribution < 1.29 is 9.59 Å². The van der Waals surface area contributed by atoms with Crippen LogP contribution in [0.25, 0.3) is 0 Å². The van der Waals surface area contributed by atoms with E-state index in [0.717, 1.165) is 23.0 Å². The quantitative estimate of drug-likeness (QED) is 0.803. The van der Waals surface area contributed by atoms with E-state index in [1.165, 1.54) is 37.1 Å². The van der Waals surface area contributed by atoms with Gasteiger partial charge in [0, 0.05) is 16.9 Å². The Balaban J connectivity index is 1.64. The lowest BCUT2D eigenvalue weighted by Gasteiger charge is -2.29. The summed E-state index contributed by atoms with van der Waals surface area (Å²) in [5, 5.41) is 4.58. The van der Waals surface area contributed by atoms with Crippen molar-refractivity contribution in [2.75, 3.05) is 5.01 Å². The van der Waals surface area contributed by atoms with Crippen LogP contribution in [0, 0.1) is 0 Å². The zero-order chi connectivity index (χ0) is 17.6. The molecule has 6 heteroatoms. The van der Waals surface area contributed by atoms with Crippen molar-refractivity contribution in [1.29, 1.82) is 0 Å². The monoisotopic (exact) mass is 405 g/mol. The van der Waals surface area contributed by atoms with Gasteiger partial charge in [-0.15, -0.1) is 0 Å². The molecule has 0 unspecified atom stereocenters. The first-order chi connectivity index (χ1) is 12.1. The summed E-state index contributed by atoms with van der Waals surface area (Å²) in [6.07, 6.45) is 10.1. The third-order valence-electron chi connectivity index (χ3n) is 4.73. The van der Waals surface area contributed by atoms with E-state index in [4.69, 9.17) is 0 Å². The molecule has 0 saturated heterocycles. The normalized spacial score (nSPS) is 19.5. The van der Waals surface area contributed by atoms with Crippen molar-refractivity contribution >= 4 is 33.4 Å². The largest absolute Gasteiger partial charge is 0.348 e. The van der Waals surface area contributed by atoms with Gasteiger partial charge in [-0.2, -0.15) is 0 Å². The van der Waals surface area contributed by atoms with E-state index in [-0.39, 0.29) is 24.3 Å². The summed E-state index contributed by atoms with van der Waals surface area (Å²) in [5.41, 5.74) is 4.14. The van der Waals surface area contributed by atoms with Gasteiger partial charge in [-0.3, -0.25) is 15.0 Å². The second-order valence-electron chi connectivity index (χ2n) is 6.65. The van der Waals surface area contributed by atoms with Gasteiger partial charge in [0.25, 0.3) is 5.91 Å². The lowest BCUT2D eigenvalue weighted by atomic mass is 9.96. The number of carbonyl (C=O) groups excluding carboxylic acids is 2. The van der Waals surface area contributed by atoms with Gasteiger partial charge in [0.15, 0.2) is 0 Å². The minimum Gasteiger partial charge on any atom is -0.348 e. The number of amides is 2. The first-order valence-electron chi connectivity index (χ1n) is 9.00. The summed E-state index contributed by atoms with van der Waals surface area (Å²) in [5.74, 6) is -0.204. The molecule has 5 nitrogen and oxygen atoms in total. The summed E-state index contributed by atoms with van der Waals surface area (Å²) in [4.78, 5) is 24.8. The fraction of sp³-hybridized carbons (Fsp3) is 0.474. The molecule has 0 spiro atoms. The maximum absolute atomic E-state index is 12.6. The molecule has 134 valence electrons. The Hall–Kier alpha value is -1.82. The molecule has 1 aliphatic heterocycles. The molecule has 1 aromatic carbocycles. The molecule has 0 radical (unpaired) electrons. The number of rotatable bonds is 3. The molecule has 0 atom stereocenters. The van der Waals surface area contributed by atoms with Gasteiger partial charge >= 0.3 is 0 Å². The molecule has 3 rings (SSSR count). The Bertz CT molecular complexity index is 649. The smallest absolute Gasteiger partial charge is 0.269 e. The van der Waals surface area contributed by atoms with Gasteiger partial charge in [0.1, 0.15) is 5.70 Å². The van der Waals surface area contributed by atoms with Crippen LogP contribution in [-0.2, 0) is 9.59 Å². The predicted octanol–water partition coefficient (Wildman–Crippen LogP) is 3.80. The van der Waals surface area contributed by atoms with Crippen LogP contribution >= 0.6 is 15.9 Å². The summed E-state index contributed by atoms with van der Waals surface area (Å²) >= 11 is 3.39. The summed E-state index contributed by atoms with van der Waals surface area (Å²) in [6.45, 7) is 0. The van der Waals surface area contributed by atoms with E-state index >= 15 is 0 Å². The van der Waals surface area contributed by atoms with E-state index in [1.54, 1.807) is 6.08 Å². The van der Waals surface area contributed by atoms with Crippen LogP contribution in [0.2, 0.25) is 0 Å². The molecule has 25 heavy (non-hydrogen) atoms. The minimum atomic E-state index is -0.125. The Kier molecular flexibility index (Phi) is 6.13. The van der Waals surface area contributed by atoms with Crippen LogP contribution in [-0.4, -0.2) is 17.9 Å². The van der Waals surface area contributed by atoms with Crippen molar-refractivity contribution in [1.82, 2.24) is 10.7 Å². The van der Waals surface area contributed by atoms with Crippen LogP contribution in [0.5, 0.6) is 0 Å². The van der Waals surface area contributed by atoms with E-state index in [1.807, 2.05) is 24.3 Å². The minimum absolute atomic E-state index is 0.0789. The lowest BCUT2D eigenvalue weighted by Crippen LogP contribution is -2.50. The second-order valence-corrected chi connectivity index (χ2v) is 7.57. The number of hydrazine groups is 1. The molecule has 1 heterocycles. The number of nitrogens with zero attached hydrogens (tertiary/aromatic N) is 1. The first-order valence-corrected chi connectivity index (χ1v) is 9.79. The predicted molar refractivity (Wildman–Crippen MR) is 102 cm³/mol. The molecule has 2 amide bonds. The highest BCUT2D eigenvalue weighted by Gasteiger charge is 2.25. The molecular formula is C19H24BrN3O2. The van der Waals surface area contributed by atoms with Crippen molar-refractivity contribution in [3.05, 3.63) is 40.5 Å². The van der Waals surface area contributed by atoms with Crippen molar-refractivity contribution in [3.8, 4) is 0 Å². The Morgan fingerprint density at radius 1 is 1.08 bits per heavy atom. The van der Waals surface area contributed by atoms with Crippen LogP contribution in [0.15, 0.2) is 40.5 Å². The van der Waals surface area contributed by atoms with E-state index < -0.39 is 0 Å². The van der Waals surface area contributed by atoms with Gasteiger partial charge in [0.2, 0.25) is 5.91 Å². The van der Waals surface area contributed by atoms with E-state index in [2.05, 4.69) is 26.7 Å². The zero-order valence-electron chi connectivity index (χ0n) is 14.3. The number of anilines is 1. The molecule has 1 saturated carbocycles. The number of benzene rings is 1. The topological polar surface area (TPSA) is 61.4 Å². The van der Waals surface area contributed by atoms with Crippen LogP contribution in [0.3, 0.4) is 0 Å². The highest BCUT2D eigenvalue weighted by molar-refractivity contribution is 9.10. The van der Waals surface area contributed by atoms with Crippen LogP contribution < -0.4 is 15.8 Å². The molecular weight excluding hydrogens is 382 g/mol. The number of nitrogens with one attached hydrogen (secondary N) is 2. The van der Waals surface area contributed by atoms with E-state index in [0.29, 0.717) is 5.70 Å². The molecule has 2 aliphatic rings. The van der Waals surface area contributed by atoms with Gasteiger partial charge in [-0.1, -0.05) is 48.0 Å². The number of carbonyl (C=O) groups is 2. The van der Waals surface area contributed by atoms with Gasteiger partial charge in [-0.25, -0.2) is 5.01 Å². The van der Waals surface area contributed by atoms with Gasteiger partial charge < -0.3 is 5.32 Å². The number of hydrogen-bond acceptors (Lipinski definition) is 3. The third-order valence-corrected chi connectivity index (χ3v) is 5.26.